The molecule has 0 spiro atoms. The molecule has 0 saturated heterocycles. The van der Waals surface area contributed by atoms with E-state index in [1.165, 1.54) is 35.4 Å². The molecule has 1 amide bonds. The Morgan fingerprint density at radius 2 is 1.82 bits per heavy atom. The van der Waals surface area contributed by atoms with Gasteiger partial charge in [-0.3, -0.25) is 14.1 Å². The quantitative estimate of drug-likeness (QED) is 0.513. The summed E-state index contributed by atoms with van der Waals surface area (Å²) in [6, 6.07) is 8.69. The molecule has 33 heavy (non-hydrogen) atoms. The second-order valence-corrected chi connectivity index (χ2v) is 9.85. The van der Waals surface area contributed by atoms with Crippen molar-refractivity contribution in [1.82, 2.24) is 9.88 Å². The third-order valence-corrected chi connectivity index (χ3v) is 7.30. The molecule has 2 aromatic carbocycles. The van der Waals surface area contributed by atoms with Crippen molar-refractivity contribution in [3.05, 3.63) is 70.7 Å². The number of benzene rings is 2. The van der Waals surface area contributed by atoms with Crippen LogP contribution in [0.2, 0.25) is 0 Å². The molecule has 0 radical (unpaired) electrons. The normalized spacial score (nSPS) is 14.1. The molecule has 0 bridgehead atoms. The molecule has 4 rings (SSSR count). The van der Waals surface area contributed by atoms with Gasteiger partial charge in [0.25, 0.3) is 5.91 Å². The maximum Gasteiger partial charge on any atom is 0.404 e. The Labute approximate surface area is 187 Å². The molecule has 3 aromatic rings. The fourth-order valence-corrected chi connectivity index (χ4v) is 5.22. The van der Waals surface area contributed by atoms with Crippen molar-refractivity contribution in [3.8, 4) is 0 Å². The van der Waals surface area contributed by atoms with E-state index in [9.17, 15) is 30.8 Å². The molecule has 1 aromatic heterocycles. The Hall–Kier alpha value is -3.21. The van der Waals surface area contributed by atoms with E-state index < -0.39 is 33.7 Å². The van der Waals surface area contributed by atoms with Crippen LogP contribution in [0.15, 0.2) is 42.6 Å². The number of carbonyl (C=O) groups is 1. The van der Waals surface area contributed by atoms with Gasteiger partial charge in [-0.2, -0.15) is 13.2 Å². The average Bonchev–Trinajstić information content (AvgIpc) is 3.04. The highest BCUT2D eigenvalue weighted by Crippen LogP contribution is 2.41. The zero-order valence-corrected chi connectivity index (χ0v) is 18.5. The second-order valence-electron chi connectivity index (χ2n) is 7.85. The van der Waals surface area contributed by atoms with Gasteiger partial charge in [0.05, 0.1) is 16.8 Å². The Bertz CT molecular complexity index is 1360. The first-order valence-corrected chi connectivity index (χ1v) is 11.5. The van der Waals surface area contributed by atoms with E-state index in [1.54, 1.807) is 19.1 Å². The van der Waals surface area contributed by atoms with Gasteiger partial charge in [-0.15, -0.1) is 0 Å². The highest BCUT2D eigenvalue weighted by Gasteiger charge is 2.41. The molecular formula is C22H19F4N3O3S. The predicted molar refractivity (Wildman–Crippen MR) is 115 cm³/mol. The summed E-state index contributed by atoms with van der Waals surface area (Å²) in [4.78, 5) is 19.0. The minimum atomic E-state index is -4.93. The van der Waals surface area contributed by atoms with Crippen molar-refractivity contribution in [1.29, 1.82) is 0 Å². The number of pyridine rings is 1. The van der Waals surface area contributed by atoms with Crippen LogP contribution < -0.4 is 4.31 Å². The molecule has 0 unspecified atom stereocenters. The summed E-state index contributed by atoms with van der Waals surface area (Å²) in [5.41, 5.74) is 2.02. The third kappa shape index (κ3) is 4.24. The van der Waals surface area contributed by atoms with Crippen LogP contribution in [0.3, 0.4) is 0 Å². The van der Waals surface area contributed by atoms with Crippen LogP contribution in [-0.4, -0.2) is 43.2 Å². The minimum Gasteiger partial charge on any atom is -0.330 e. The molecule has 6 nitrogen and oxygen atoms in total. The summed E-state index contributed by atoms with van der Waals surface area (Å²) in [6.07, 6.45) is -3.47. The summed E-state index contributed by atoms with van der Waals surface area (Å²) in [5, 5.41) is 0.332. The van der Waals surface area contributed by atoms with Gasteiger partial charge in [0.1, 0.15) is 5.82 Å². The van der Waals surface area contributed by atoms with Gasteiger partial charge < -0.3 is 4.90 Å². The number of halogens is 4. The maximum absolute atomic E-state index is 13.3. The fraction of sp³-hybridized carbons (Fsp3) is 0.273. The van der Waals surface area contributed by atoms with Crippen molar-refractivity contribution in [3.63, 3.8) is 0 Å². The van der Waals surface area contributed by atoms with E-state index in [0.717, 1.165) is 7.05 Å². The van der Waals surface area contributed by atoms with Gasteiger partial charge >= 0.3 is 6.18 Å². The predicted octanol–water partition coefficient (Wildman–Crippen LogP) is 4.17. The van der Waals surface area contributed by atoms with Gasteiger partial charge in [0.2, 0.25) is 10.0 Å². The monoisotopic (exact) mass is 481 g/mol. The third-order valence-electron chi connectivity index (χ3n) is 5.60. The van der Waals surface area contributed by atoms with Crippen molar-refractivity contribution >= 4 is 32.5 Å². The highest BCUT2D eigenvalue weighted by atomic mass is 32.2. The number of aryl methyl sites for hydroxylation is 1. The van der Waals surface area contributed by atoms with Gasteiger partial charge in [-0.05, 0) is 42.3 Å². The molecule has 0 atom stereocenters. The zero-order valence-electron chi connectivity index (χ0n) is 17.6. The molecule has 2 heterocycles. The number of hydrogen-bond acceptors (Lipinski definition) is 4. The highest BCUT2D eigenvalue weighted by molar-refractivity contribution is 7.92. The number of sulfonamides is 1. The molecular weight excluding hydrogens is 462 g/mol. The number of aromatic nitrogens is 1. The molecule has 0 saturated carbocycles. The van der Waals surface area contributed by atoms with Crippen LogP contribution in [0, 0.1) is 12.7 Å². The lowest BCUT2D eigenvalue weighted by Crippen LogP contribution is -2.36. The van der Waals surface area contributed by atoms with Crippen LogP contribution in [0.5, 0.6) is 0 Å². The first-order chi connectivity index (χ1) is 15.4. The Kier molecular flexibility index (Phi) is 5.55. The van der Waals surface area contributed by atoms with E-state index in [4.69, 9.17) is 0 Å². The van der Waals surface area contributed by atoms with E-state index in [-0.39, 0.29) is 24.3 Å². The molecule has 1 aliphatic rings. The minimum absolute atomic E-state index is 0.00194. The van der Waals surface area contributed by atoms with Crippen molar-refractivity contribution in [2.45, 2.75) is 26.2 Å². The molecule has 174 valence electrons. The number of alkyl halides is 3. The standard InChI is InChI=1S/C22H19F4N3O3S/c1-13-18-17(11-29(21(18)30)10-14-5-7-15(23)8-6-14)20(16-4-3-9-27-19(13)16)28(2)33(31,32)12-22(24,25)26/h3-9H,10-12H2,1-2H3. The van der Waals surface area contributed by atoms with Crippen molar-refractivity contribution in [2.24, 2.45) is 0 Å². The number of carbonyl (C=O) groups excluding carboxylic acids is 1. The van der Waals surface area contributed by atoms with Crippen molar-refractivity contribution < 1.29 is 30.8 Å². The Morgan fingerprint density at radius 3 is 2.45 bits per heavy atom. The number of amides is 1. The lowest BCUT2D eigenvalue weighted by Gasteiger charge is -2.25. The number of fused-ring (bicyclic) bond motifs is 2. The molecule has 0 aliphatic carbocycles. The summed E-state index contributed by atoms with van der Waals surface area (Å²) in [7, 11) is -3.74. The lowest BCUT2D eigenvalue weighted by atomic mass is 9.97. The SMILES string of the molecule is Cc1c2c(c(N(C)S(=O)(=O)CC(F)(F)F)c3cccnc13)CN(Cc1ccc(F)cc1)C2=O. The van der Waals surface area contributed by atoms with Crippen LogP contribution in [0.4, 0.5) is 23.2 Å². The summed E-state index contributed by atoms with van der Waals surface area (Å²) in [6.45, 7) is 1.77. The average molecular weight is 481 g/mol. The largest absolute Gasteiger partial charge is 0.404 e. The summed E-state index contributed by atoms with van der Waals surface area (Å²) in [5.74, 6) is -2.86. The van der Waals surface area contributed by atoms with Crippen LogP contribution in [0.25, 0.3) is 10.9 Å². The molecule has 11 heteroatoms. The number of hydrogen-bond donors (Lipinski definition) is 0. The fourth-order valence-electron chi connectivity index (χ4n) is 4.13. The Balaban J connectivity index is 1.86. The summed E-state index contributed by atoms with van der Waals surface area (Å²) < 4.78 is 78.0. The topological polar surface area (TPSA) is 70.6 Å². The Morgan fingerprint density at radius 1 is 1.15 bits per heavy atom. The van der Waals surface area contributed by atoms with Gasteiger partial charge in [-0.1, -0.05) is 12.1 Å². The van der Waals surface area contributed by atoms with Gasteiger partial charge in [0, 0.05) is 37.3 Å². The number of rotatable bonds is 5. The molecule has 0 N–H and O–H groups in total. The van der Waals surface area contributed by atoms with Crippen molar-refractivity contribution in [2.75, 3.05) is 17.1 Å². The zero-order chi connectivity index (χ0) is 24.1. The van der Waals surface area contributed by atoms with Crippen LogP contribution >= 0.6 is 0 Å². The van der Waals surface area contributed by atoms with E-state index in [0.29, 0.717) is 31.9 Å². The first-order valence-electron chi connectivity index (χ1n) is 9.86. The van der Waals surface area contributed by atoms with Crippen LogP contribution in [0.1, 0.15) is 27.0 Å². The molecule has 1 aliphatic heterocycles. The number of nitrogens with zero attached hydrogens (tertiary/aromatic N) is 3. The van der Waals surface area contributed by atoms with Crippen LogP contribution in [-0.2, 0) is 23.1 Å². The summed E-state index contributed by atoms with van der Waals surface area (Å²) >= 11 is 0. The van der Waals surface area contributed by atoms with Gasteiger partial charge in [0.15, 0.2) is 5.75 Å². The van der Waals surface area contributed by atoms with E-state index in [2.05, 4.69) is 4.98 Å². The number of anilines is 1. The van der Waals surface area contributed by atoms with Gasteiger partial charge in [-0.25, -0.2) is 12.8 Å². The smallest absolute Gasteiger partial charge is 0.330 e. The first kappa shape index (κ1) is 23.0. The van der Waals surface area contributed by atoms with E-state index >= 15 is 0 Å². The lowest BCUT2D eigenvalue weighted by molar-refractivity contribution is -0.106. The van der Waals surface area contributed by atoms with E-state index in [1.807, 2.05) is 0 Å². The maximum atomic E-state index is 13.3. The molecule has 0 fully saturated rings. The second kappa shape index (κ2) is 7.98.